The van der Waals surface area contributed by atoms with Crippen LogP contribution < -0.4 is 5.73 Å². The van der Waals surface area contributed by atoms with Crippen LogP contribution in [0.5, 0.6) is 0 Å². The molecule has 0 bridgehead atoms. The van der Waals surface area contributed by atoms with Gasteiger partial charge in [-0.25, -0.2) is 0 Å². The molecule has 2 heteroatoms. The van der Waals surface area contributed by atoms with Gasteiger partial charge in [-0.05, 0) is 49.8 Å². The molecule has 0 aromatic heterocycles. The average molecular weight is 222 g/mol. The summed E-state index contributed by atoms with van der Waals surface area (Å²) in [5.41, 5.74) is 9.16. The molecule has 2 fully saturated rings. The van der Waals surface area contributed by atoms with Crippen molar-refractivity contribution in [3.05, 3.63) is 34.3 Å². The summed E-state index contributed by atoms with van der Waals surface area (Å²) in [6.07, 6.45) is 4.76. The van der Waals surface area contributed by atoms with E-state index in [0.717, 1.165) is 17.9 Å². The molecular weight excluding hydrogens is 206 g/mol. The zero-order valence-corrected chi connectivity index (χ0v) is 9.77. The van der Waals surface area contributed by atoms with E-state index in [1.807, 2.05) is 0 Å². The van der Waals surface area contributed by atoms with E-state index in [0.29, 0.717) is 0 Å². The Labute approximate surface area is 95.6 Å². The number of hydrogen-bond acceptors (Lipinski definition) is 1. The fraction of sp³-hybridized carbons (Fsp3) is 0.538. The molecular formula is C13H16ClN. The van der Waals surface area contributed by atoms with Gasteiger partial charge in [0.15, 0.2) is 0 Å². The molecule has 0 spiro atoms. The van der Waals surface area contributed by atoms with E-state index in [-0.39, 0.29) is 11.0 Å². The van der Waals surface area contributed by atoms with Crippen LogP contribution in [0.3, 0.4) is 0 Å². The Balaban J connectivity index is 2.06. The second kappa shape index (κ2) is 2.78. The first-order valence-corrected chi connectivity index (χ1v) is 6.01. The van der Waals surface area contributed by atoms with Gasteiger partial charge < -0.3 is 5.73 Å². The molecule has 1 aromatic rings. The fourth-order valence-corrected chi connectivity index (χ4v) is 3.20. The molecule has 2 aliphatic rings. The first kappa shape index (κ1) is 9.68. The van der Waals surface area contributed by atoms with Crippen molar-refractivity contribution in [2.45, 2.75) is 43.6 Å². The molecule has 0 aliphatic heterocycles. The first-order chi connectivity index (χ1) is 7.07. The Morgan fingerprint density at radius 1 is 1.20 bits per heavy atom. The van der Waals surface area contributed by atoms with E-state index < -0.39 is 0 Å². The van der Waals surface area contributed by atoms with Crippen LogP contribution in [0.4, 0.5) is 0 Å². The summed E-state index contributed by atoms with van der Waals surface area (Å²) < 4.78 is 0. The number of hydrogen-bond donors (Lipinski definition) is 1. The topological polar surface area (TPSA) is 26.0 Å². The molecule has 2 aliphatic carbocycles. The molecule has 1 aromatic carbocycles. The van der Waals surface area contributed by atoms with E-state index >= 15 is 0 Å². The van der Waals surface area contributed by atoms with Gasteiger partial charge in [0, 0.05) is 16.0 Å². The summed E-state index contributed by atoms with van der Waals surface area (Å²) in [5.74, 6) is 0. The minimum Gasteiger partial charge on any atom is -0.324 e. The molecule has 3 rings (SSSR count). The van der Waals surface area contributed by atoms with Gasteiger partial charge in [-0.15, -0.1) is 0 Å². The van der Waals surface area contributed by atoms with Crippen LogP contribution in [0.25, 0.3) is 0 Å². The predicted octanol–water partition coefficient (Wildman–Crippen LogP) is 3.17. The molecule has 2 saturated carbocycles. The Morgan fingerprint density at radius 3 is 2.33 bits per heavy atom. The maximum absolute atomic E-state index is 6.37. The summed E-state index contributed by atoms with van der Waals surface area (Å²) in [6.45, 7) is 2.07. The van der Waals surface area contributed by atoms with E-state index in [1.165, 1.54) is 24.0 Å². The summed E-state index contributed by atoms with van der Waals surface area (Å²) in [5, 5.41) is 0.907. The largest absolute Gasteiger partial charge is 0.324 e. The SMILES string of the molecule is Cc1ccc(C2(C3(N)CC3)CC2)c(Cl)c1. The maximum atomic E-state index is 6.37. The maximum Gasteiger partial charge on any atom is 0.0446 e. The van der Waals surface area contributed by atoms with Crippen LogP contribution in [-0.4, -0.2) is 5.54 Å². The lowest BCUT2D eigenvalue weighted by atomic mass is 9.86. The summed E-state index contributed by atoms with van der Waals surface area (Å²) in [4.78, 5) is 0. The summed E-state index contributed by atoms with van der Waals surface area (Å²) in [7, 11) is 0. The van der Waals surface area contributed by atoms with Crippen molar-refractivity contribution in [1.29, 1.82) is 0 Å². The lowest BCUT2D eigenvalue weighted by Crippen LogP contribution is -2.37. The number of nitrogens with two attached hydrogens (primary N) is 1. The van der Waals surface area contributed by atoms with Crippen molar-refractivity contribution in [3.63, 3.8) is 0 Å². The van der Waals surface area contributed by atoms with Crippen molar-refractivity contribution in [2.75, 3.05) is 0 Å². The standard InChI is InChI=1S/C13H16ClN/c1-9-2-3-10(11(14)8-9)12(4-5-12)13(15)6-7-13/h2-3,8H,4-7,15H2,1H3. The molecule has 0 saturated heterocycles. The average Bonchev–Trinajstić information content (AvgIpc) is 3.01. The van der Waals surface area contributed by atoms with Crippen LogP contribution in [0.2, 0.25) is 5.02 Å². The molecule has 0 radical (unpaired) electrons. The van der Waals surface area contributed by atoms with E-state index in [2.05, 4.69) is 25.1 Å². The molecule has 0 unspecified atom stereocenters. The van der Waals surface area contributed by atoms with Gasteiger partial charge in [0.25, 0.3) is 0 Å². The van der Waals surface area contributed by atoms with Gasteiger partial charge in [0.1, 0.15) is 0 Å². The minimum atomic E-state index is 0.0614. The normalized spacial score (nSPS) is 25.0. The Kier molecular flexibility index (Phi) is 1.79. The molecule has 2 N–H and O–H groups in total. The molecule has 80 valence electrons. The lowest BCUT2D eigenvalue weighted by molar-refractivity contribution is 0.503. The smallest absolute Gasteiger partial charge is 0.0446 e. The van der Waals surface area contributed by atoms with Crippen LogP contribution in [0.1, 0.15) is 36.8 Å². The highest BCUT2D eigenvalue weighted by Crippen LogP contribution is 2.64. The zero-order chi connectivity index (χ0) is 10.7. The van der Waals surface area contributed by atoms with Crippen molar-refractivity contribution in [2.24, 2.45) is 5.73 Å². The molecule has 0 atom stereocenters. The van der Waals surface area contributed by atoms with E-state index in [4.69, 9.17) is 17.3 Å². The first-order valence-electron chi connectivity index (χ1n) is 5.63. The highest BCUT2D eigenvalue weighted by atomic mass is 35.5. The third-order valence-electron chi connectivity index (χ3n) is 4.13. The zero-order valence-electron chi connectivity index (χ0n) is 9.02. The second-order valence-electron chi connectivity index (χ2n) is 5.22. The van der Waals surface area contributed by atoms with Gasteiger partial charge in [-0.3, -0.25) is 0 Å². The van der Waals surface area contributed by atoms with Gasteiger partial charge in [-0.1, -0.05) is 23.7 Å². The number of benzene rings is 1. The highest BCUT2D eigenvalue weighted by molar-refractivity contribution is 6.31. The lowest BCUT2D eigenvalue weighted by Gasteiger charge is -2.24. The third-order valence-corrected chi connectivity index (χ3v) is 4.44. The predicted molar refractivity (Wildman–Crippen MR) is 63.3 cm³/mol. The molecule has 0 heterocycles. The van der Waals surface area contributed by atoms with Gasteiger partial charge in [0.2, 0.25) is 0 Å². The van der Waals surface area contributed by atoms with E-state index in [9.17, 15) is 0 Å². The van der Waals surface area contributed by atoms with Crippen LogP contribution in [0.15, 0.2) is 18.2 Å². The van der Waals surface area contributed by atoms with Crippen molar-refractivity contribution >= 4 is 11.6 Å². The molecule has 0 amide bonds. The highest BCUT2D eigenvalue weighted by Gasteiger charge is 2.64. The van der Waals surface area contributed by atoms with Crippen LogP contribution >= 0.6 is 11.6 Å². The summed E-state index contributed by atoms with van der Waals surface area (Å²) in [6, 6.07) is 6.38. The number of halogens is 1. The van der Waals surface area contributed by atoms with Crippen molar-refractivity contribution in [3.8, 4) is 0 Å². The number of aryl methyl sites for hydroxylation is 1. The summed E-state index contributed by atoms with van der Waals surface area (Å²) >= 11 is 6.33. The number of rotatable bonds is 2. The molecule has 15 heavy (non-hydrogen) atoms. The quantitative estimate of drug-likeness (QED) is 0.816. The second-order valence-corrected chi connectivity index (χ2v) is 5.63. The Morgan fingerprint density at radius 2 is 1.87 bits per heavy atom. The van der Waals surface area contributed by atoms with Gasteiger partial charge in [-0.2, -0.15) is 0 Å². The van der Waals surface area contributed by atoms with Crippen molar-refractivity contribution < 1.29 is 0 Å². The van der Waals surface area contributed by atoms with Gasteiger partial charge in [0.05, 0.1) is 0 Å². The Bertz CT molecular complexity index is 417. The molecule has 1 nitrogen and oxygen atoms in total. The van der Waals surface area contributed by atoms with Gasteiger partial charge >= 0.3 is 0 Å². The van der Waals surface area contributed by atoms with E-state index in [1.54, 1.807) is 0 Å². The van der Waals surface area contributed by atoms with Crippen LogP contribution in [0, 0.1) is 6.92 Å². The fourth-order valence-electron chi connectivity index (χ4n) is 2.78. The minimum absolute atomic E-state index is 0.0614. The third kappa shape index (κ3) is 1.26. The monoisotopic (exact) mass is 221 g/mol. The van der Waals surface area contributed by atoms with Crippen molar-refractivity contribution in [1.82, 2.24) is 0 Å². The Hall–Kier alpha value is -0.530. The van der Waals surface area contributed by atoms with Crippen LogP contribution in [-0.2, 0) is 5.41 Å².